The van der Waals surface area contributed by atoms with Gasteiger partial charge in [-0.2, -0.15) is 0 Å². The Balaban J connectivity index is 2.47. The quantitative estimate of drug-likeness (QED) is 0.785. The third-order valence-corrected chi connectivity index (χ3v) is 2.81. The van der Waals surface area contributed by atoms with Crippen molar-refractivity contribution in [3.05, 3.63) is 35.5 Å². The molecule has 0 unspecified atom stereocenters. The van der Waals surface area contributed by atoms with Crippen LogP contribution in [0.15, 0.2) is 24.3 Å². The summed E-state index contributed by atoms with van der Waals surface area (Å²) >= 11 is 0. The van der Waals surface area contributed by atoms with E-state index in [9.17, 15) is 4.79 Å². The number of benzene rings is 1. The molecule has 0 amide bonds. The lowest BCUT2D eigenvalue weighted by molar-refractivity contribution is -0.139. The average molecular weight is 233 g/mol. The molecule has 0 atom stereocenters. The highest BCUT2D eigenvalue weighted by atomic mass is 16.5. The smallest absolute Gasteiger partial charge is 0.310 e. The van der Waals surface area contributed by atoms with E-state index in [1.165, 1.54) is 7.11 Å². The largest absolute Gasteiger partial charge is 0.469 e. The van der Waals surface area contributed by atoms with Crippen molar-refractivity contribution in [1.29, 1.82) is 0 Å². The number of esters is 1. The standard InChI is InChI=1S/C13H15NO3/c1-17-13(16)8-10-9-4-2-3-5-11(9)14-12(10)6-7-15/h2-5,14-15H,6-8H2,1H3. The Hall–Kier alpha value is -1.81. The van der Waals surface area contributed by atoms with Crippen molar-refractivity contribution in [2.24, 2.45) is 0 Å². The Morgan fingerprint density at radius 2 is 2.18 bits per heavy atom. The van der Waals surface area contributed by atoms with Crippen molar-refractivity contribution < 1.29 is 14.6 Å². The molecule has 0 bridgehead atoms. The first kappa shape index (κ1) is 11.7. The number of rotatable bonds is 4. The van der Waals surface area contributed by atoms with Crippen LogP contribution in [0.3, 0.4) is 0 Å². The van der Waals surface area contributed by atoms with Gasteiger partial charge in [0.25, 0.3) is 0 Å². The molecule has 4 heteroatoms. The Morgan fingerprint density at radius 3 is 2.88 bits per heavy atom. The molecule has 2 aromatic rings. The van der Waals surface area contributed by atoms with Gasteiger partial charge in [0, 0.05) is 29.6 Å². The topological polar surface area (TPSA) is 62.3 Å². The maximum Gasteiger partial charge on any atom is 0.310 e. The molecule has 0 spiro atoms. The van der Waals surface area contributed by atoms with Gasteiger partial charge in [0.15, 0.2) is 0 Å². The number of aromatic amines is 1. The van der Waals surface area contributed by atoms with Gasteiger partial charge in [0.05, 0.1) is 13.5 Å². The van der Waals surface area contributed by atoms with Crippen molar-refractivity contribution >= 4 is 16.9 Å². The lowest BCUT2D eigenvalue weighted by atomic mass is 10.1. The third-order valence-electron chi connectivity index (χ3n) is 2.81. The number of H-pyrrole nitrogens is 1. The SMILES string of the molecule is COC(=O)Cc1c(CCO)[nH]c2ccccc12. The van der Waals surface area contributed by atoms with Gasteiger partial charge in [-0.15, -0.1) is 0 Å². The number of methoxy groups -OCH3 is 1. The fourth-order valence-electron chi connectivity index (χ4n) is 2.00. The van der Waals surface area contributed by atoms with Crippen LogP contribution >= 0.6 is 0 Å². The molecule has 0 aliphatic rings. The Morgan fingerprint density at radius 1 is 1.41 bits per heavy atom. The van der Waals surface area contributed by atoms with E-state index in [1.807, 2.05) is 24.3 Å². The minimum Gasteiger partial charge on any atom is -0.469 e. The van der Waals surface area contributed by atoms with Crippen LogP contribution in [0.1, 0.15) is 11.3 Å². The molecule has 0 saturated heterocycles. The molecule has 0 aliphatic carbocycles. The molecule has 0 aliphatic heterocycles. The molecular formula is C13H15NO3. The van der Waals surface area contributed by atoms with E-state index in [1.54, 1.807) is 0 Å². The van der Waals surface area contributed by atoms with Crippen LogP contribution in [0.2, 0.25) is 0 Å². The minimum atomic E-state index is -0.269. The molecular weight excluding hydrogens is 218 g/mol. The zero-order chi connectivity index (χ0) is 12.3. The fourth-order valence-corrected chi connectivity index (χ4v) is 2.00. The van der Waals surface area contributed by atoms with Crippen LogP contribution in [0.5, 0.6) is 0 Å². The first-order chi connectivity index (χ1) is 8.26. The lowest BCUT2D eigenvalue weighted by Crippen LogP contribution is -2.06. The van der Waals surface area contributed by atoms with Crippen LogP contribution < -0.4 is 0 Å². The predicted molar refractivity (Wildman–Crippen MR) is 64.8 cm³/mol. The van der Waals surface area contributed by atoms with Crippen molar-refractivity contribution in [2.75, 3.05) is 13.7 Å². The molecule has 4 nitrogen and oxygen atoms in total. The van der Waals surface area contributed by atoms with Gasteiger partial charge in [-0.05, 0) is 11.6 Å². The van der Waals surface area contributed by atoms with Gasteiger partial charge >= 0.3 is 5.97 Å². The van der Waals surface area contributed by atoms with E-state index in [2.05, 4.69) is 4.98 Å². The summed E-state index contributed by atoms with van der Waals surface area (Å²) in [5.74, 6) is -0.269. The number of hydrogen-bond acceptors (Lipinski definition) is 3. The summed E-state index contributed by atoms with van der Waals surface area (Å²) < 4.78 is 4.69. The summed E-state index contributed by atoms with van der Waals surface area (Å²) in [6, 6.07) is 7.78. The van der Waals surface area contributed by atoms with Gasteiger partial charge < -0.3 is 14.8 Å². The monoisotopic (exact) mass is 233 g/mol. The highest BCUT2D eigenvalue weighted by Gasteiger charge is 2.14. The summed E-state index contributed by atoms with van der Waals surface area (Å²) in [4.78, 5) is 14.6. The second-order valence-electron chi connectivity index (χ2n) is 3.85. The van der Waals surface area contributed by atoms with E-state index in [-0.39, 0.29) is 19.0 Å². The van der Waals surface area contributed by atoms with Gasteiger partial charge in [-0.3, -0.25) is 4.79 Å². The maximum atomic E-state index is 11.4. The zero-order valence-corrected chi connectivity index (χ0v) is 9.69. The van der Waals surface area contributed by atoms with Gasteiger partial charge in [0.1, 0.15) is 0 Å². The highest BCUT2D eigenvalue weighted by molar-refractivity contribution is 5.88. The number of carbonyl (C=O) groups is 1. The molecule has 1 aromatic carbocycles. The molecule has 90 valence electrons. The molecule has 1 heterocycles. The Bertz CT molecular complexity index is 530. The minimum absolute atomic E-state index is 0.0565. The first-order valence-corrected chi connectivity index (χ1v) is 5.52. The number of aliphatic hydroxyl groups is 1. The number of nitrogens with one attached hydrogen (secondary N) is 1. The van der Waals surface area contributed by atoms with Crippen molar-refractivity contribution in [3.63, 3.8) is 0 Å². The normalized spacial score (nSPS) is 10.7. The third kappa shape index (κ3) is 2.31. The van der Waals surface area contributed by atoms with Crippen LogP contribution in [-0.4, -0.2) is 29.8 Å². The molecule has 17 heavy (non-hydrogen) atoms. The van der Waals surface area contributed by atoms with E-state index < -0.39 is 0 Å². The van der Waals surface area contributed by atoms with E-state index >= 15 is 0 Å². The summed E-state index contributed by atoms with van der Waals surface area (Å²) in [6.07, 6.45) is 0.747. The number of ether oxygens (including phenoxy) is 1. The second-order valence-corrected chi connectivity index (χ2v) is 3.85. The first-order valence-electron chi connectivity index (χ1n) is 5.52. The number of para-hydroxylation sites is 1. The second kappa shape index (κ2) is 5.01. The maximum absolute atomic E-state index is 11.4. The van der Waals surface area contributed by atoms with Gasteiger partial charge in [-0.25, -0.2) is 0 Å². The Kier molecular flexibility index (Phi) is 3.44. The van der Waals surface area contributed by atoms with Crippen LogP contribution in [0.25, 0.3) is 10.9 Å². The summed E-state index contributed by atoms with van der Waals surface area (Å²) in [5, 5.41) is 10.0. The number of aromatic nitrogens is 1. The molecule has 1 aromatic heterocycles. The lowest BCUT2D eigenvalue weighted by Gasteiger charge is -2.02. The number of carbonyl (C=O) groups excluding carboxylic acids is 1. The van der Waals surface area contributed by atoms with Crippen molar-refractivity contribution in [1.82, 2.24) is 4.98 Å². The molecule has 2 N–H and O–H groups in total. The van der Waals surface area contributed by atoms with Crippen LogP contribution in [-0.2, 0) is 22.4 Å². The Labute approximate surface area is 99.2 Å². The number of aliphatic hydroxyl groups excluding tert-OH is 1. The fraction of sp³-hybridized carbons (Fsp3) is 0.308. The summed E-state index contributed by atoms with van der Waals surface area (Å²) in [6.45, 7) is 0.0565. The molecule has 0 fully saturated rings. The van der Waals surface area contributed by atoms with Crippen LogP contribution in [0, 0.1) is 0 Å². The number of fused-ring (bicyclic) bond motifs is 1. The summed E-state index contributed by atoms with van der Waals surface area (Å²) in [5.41, 5.74) is 2.80. The zero-order valence-electron chi connectivity index (χ0n) is 9.69. The number of hydrogen-bond donors (Lipinski definition) is 2. The van der Waals surface area contributed by atoms with Crippen LogP contribution in [0.4, 0.5) is 0 Å². The molecule has 2 rings (SSSR count). The van der Waals surface area contributed by atoms with E-state index in [0.717, 1.165) is 22.2 Å². The summed E-state index contributed by atoms with van der Waals surface area (Å²) in [7, 11) is 1.38. The molecule has 0 saturated carbocycles. The van der Waals surface area contributed by atoms with Crippen molar-refractivity contribution in [3.8, 4) is 0 Å². The van der Waals surface area contributed by atoms with E-state index in [0.29, 0.717) is 6.42 Å². The highest BCUT2D eigenvalue weighted by Crippen LogP contribution is 2.23. The average Bonchev–Trinajstić information content (AvgIpc) is 2.68. The van der Waals surface area contributed by atoms with Gasteiger partial charge in [-0.1, -0.05) is 18.2 Å². The van der Waals surface area contributed by atoms with Crippen molar-refractivity contribution in [2.45, 2.75) is 12.8 Å². The predicted octanol–water partition coefficient (Wildman–Crippen LogP) is 1.42. The van der Waals surface area contributed by atoms with Gasteiger partial charge in [0.2, 0.25) is 0 Å². The molecule has 0 radical (unpaired) electrons. The van der Waals surface area contributed by atoms with E-state index in [4.69, 9.17) is 9.84 Å².